The standard InChI is InChI=1S/C25H27F2N3O3/c1-3-32-23(33-4-2)9-12-29-20-8-6-16(26)13-19(20)28-22(29)15-30-21-14-17(27)5-7-18(21)25(10-11-25)24(30)31/h5-8,13-14,23H,3-4,9-12,15H2,1-2H3. The monoisotopic (exact) mass is 455 g/mol. The molecule has 2 aromatic carbocycles. The number of ether oxygens (including phenoxy) is 2. The summed E-state index contributed by atoms with van der Waals surface area (Å²) in [4.78, 5) is 19.6. The first-order valence-corrected chi connectivity index (χ1v) is 11.5. The first kappa shape index (κ1) is 22.0. The number of aromatic nitrogens is 2. The van der Waals surface area contributed by atoms with Gasteiger partial charge in [0.1, 0.15) is 17.5 Å². The number of fused-ring (bicyclic) bond motifs is 3. The Morgan fingerprint density at radius 2 is 1.76 bits per heavy atom. The van der Waals surface area contributed by atoms with E-state index in [0.29, 0.717) is 43.2 Å². The maximum Gasteiger partial charge on any atom is 0.238 e. The number of carbonyl (C=O) groups excluding carboxylic acids is 1. The van der Waals surface area contributed by atoms with E-state index in [4.69, 9.17) is 9.47 Å². The van der Waals surface area contributed by atoms with Crippen molar-refractivity contribution in [1.82, 2.24) is 9.55 Å². The number of nitrogens with zero attached hydrogens (tertiary/aromatic N) is 3. The lowest BCUT2D eigenvalue weighted by Crippen LogP contribution is -2.32. The van der Waals surface area contributed by atoms with E-state index in [2.05, 4.69) is 4.98 Å². The van der Waals surface area contributed by atoms with Crippen LogP contribution in [0.1, 0.15) is 44.5 Å². The smallest absolute Gasteiger partial charge is 0.238 e. The van der Waals surface area contributed by atoms with Crippen LogP contribution in [0.2, 0.25) is 0 Å². The molecule has 0 saturated heterocycles. The van der Waals surface area contributed by atoms with Crippen LogP contribution in [0.15, 0.2) is 36.4 Å². The van der Waals surface area contributed by atoms with E-state index in [-0.39, 0.29) is 30.4 Å². The van der Waals surface area contributed by atoms with E-state index in [1.54, 1.807) is 17.0 Å². The summed E-state index contributed by atoms with van der Waals surface area (Å²) in [5.74, 6) is -0.157. The number of amides is 1. The fourth-order valence-electron chi connectivity index (χ4n) is 4.87. The van der Waals surface area contributed by atoms with Crippen molar-refractivity contribution >= 4 is 22.6 Å². The summed E-state index contributed by atoms with van der Waals surface area (Å²) in [6.45, 7) is 5.58. The van der Waals surface area contributed by atoms with Crippen LogP contribution >= 0.6 is 0 Å². The molecule has 8 heteroatoms. The van der Waals surface area contributed by atoms with Gasteiger partial charge in [-0.2, -0.15) is 0 Å². The Hall–Kier alpha value is -2.84. The fraction of sp³-hybridized carbons (Fsp3) is 0.440. The van der Waals surface area contributed by atoms with Crippen LogP contribution in [0.4, 0.5) is 14.5 Å². The second kappa shape index (κ2) is 8.50. The first-order valence-electron chi connectivity index (χ1n) is 11.5. The molecule has 1 spiro atoms. The molecule has 33 heavy (non-hydrogen) atoms. The summed E-state index contributed by atoms with van der Waals surface area (Å²) < 4.78 is 41.3. The Morgan fingerprint density at radius 1 is 1.06 bits per heavy atom. The molecule has 0 N–H and O–H groups in total. The number of aryl methyl sites for hydroxylation is 1. The third-order valence-corrected chi connectivity index (χ3v) is 6.55. The second-order valence-corrected chi connectivity index (χ2v) is 8.58. The van der Waals surface area contributed by atoms with Crippen molar-refractivity contribution < 1.29 is 23.0 Å². The van der Waals surface area contributed by atoms with Gasteiger partial charge in [-0.25, -0.2) is 13.8 Å². The highest BCUT2D eigenvalue weighted by Gasteiger charge is 2.59. The summed E-state index contributed by atoms with van der Waals surface area (Å²) >= 11 is 0. The fourth-order valence-corrected chi connectivity index (χ4v) is 4.87. The average molecular weight is 456 g/mol. The lowest BCUT2D eigenvalue weighted by molar-refractivity contribution is -0.140. The molecule has 1 amide bonds. The van der Waals surface area contributed by atoms with E-state index in [1.165, 1.54) is 24.3 Å². The van der Waals surface area contributed by atoms with Crippen molar-refractivity contribution in [3.05, 3.63) is 59.4 Å². The van der Waals surface area contributed by atoms with Gasteiger partial charge >= 0.3 is 0 Å². The van der Waals surface area contributed by atoms with Gasteiger partial charge < -0.3 is 18.9 Å². The topological polar surface area (TPSA) is 56.6 Å². The molecule has 1 aromatic heterocycles. The maximum atomic E-state index is 14.1. The van der Waals surface area contributed by atoms with Crippen LogP contribution in [0.3, 0.4) is 0 Å². The average Bonchev–Trinajstić information content (AvgIpc) is 3.48. The Balaban J connectivity index is 1.50. The van der Waals surface area contributed by atoms with Crippen LogP contribution < -0.4 is 4.90 Å². The number of hydrogen-bond acceptors (Lipinski definition) is 4. The first-order chi connectivity index (χ1) is 16.0. The predicted octanol–water partition coefficient (Wildman–Crippen LogP) is 4.68. The molecule has 174 valence electrons. The number of anilines is 1. The van der Waals surface area contributed by atoms with Crippen LogP contribution in [-0.2, 0) is 32.8 Å². The predicted molar refractivity (Wildman–Crippen MR) is 120 cm³/mol. The molecule has 1 aliphatic carbocycles. The van der Waals surface area contributed by atoms with Crippen molar-refractivity contribution in [3.63, 3.8) is 0 Å². The minimum absolute atomic E-state index is 0.0191. The molecule has 1 fully saturated rings. The van der Waals surface area contributed by atoms with Gasteiger partial charge in [-0.05, 0) is 56.5 Å². The number of carbonyl (C=O) groups is 1. The molecule has 5 rings (SSSR count). The summed E-state index contributed by atoms with van der Waals surface area (Å²) in [7, 11) is 0. The van der Waals surface area contributed by atoms with Crippen LogP contribution in [-0.4, -0.2) is 35.0 Å². The van der Waals surface area contributed by atoms with E-state index >= 15 is 0 Å². The lowest BCUT2D eigenvalue weighted by Gasteiger charge is -2.21. The normalized spacial score (nSPS) is 16.4. The second-order valence-electron chi connectivity index (χ2n) is 8.58. The SMILES string of the molecule is CCOC(CCn1c(CN2C(=O)C3(CC3)c3ccc(F)cc32)nc2cc(F)ccc21)OCC. The van der Waals surface area contributed by atoms with Gasteiger partial charge in [-0.15, -0.1) is 0 Å². The number of rotatable bonds is 9. The van der Waals surface area contributed by atoms with Gasteiger partial charge in [-0.3, -0.25) is 4.79 Å². The molecule has 0 atom stereocenters. The zero-order valence-corrected chi connectivity index (χ0v) is 18.8. The molecule has 0 unspecified atom stereocenters. The molecule has 3 aromatic rings. The van der Waals surface area contributed by atoms with E-state index < -0.39 is 5.41 Å². The summed E-state index contributed by atoms with van der Waals surface area (Å²) in [6.07, 6.45) is 1.74. The van der Waals surface area contributed by atoms with E-state index in [1.807, 2.05) is 18.4 Å². The third kappa shape index (κ3) is 3.81. The minimum Gasteiger partial charge on any atom is -0.353 e. The Kier molecular flexibility index (Phi) is 5.66. The number of halogens is 2. The molecule has 1 saturated carbocycles. The maximum absolute atomic E-state index is 14.1. The zero-order valence-electron chi connectivity index (χ0n) is 18.8. The molecule has 6 nitrogen and oxygen atoms in total. The molecular weight excluding hydrogens is 428 g/mol. The van der Waals surface area contributed by atoms with Crippen molar-refractivity contribution in [1.29, 1.82) is 0 Å². The van der Waals surface area contributed by atoms with Crippen LogP contribution in [0, 0.1) is 11.6 Å². The van der Waals surface area contributed by atoms with Crippen LogP contribution in [0.5, 0.6) is 0 Å². The highest BCUT2D eigenvalue weighted by Crippen LogP contribution is 2.57. The van der Waals surface area contributed by atoms with Crippen molar-refractivity contribution in [2.75, 3.05) is 18.1 Å². The Labute approximate surface area is 191 Å². The van der Waals surface area contributed by atoms with Gasteiger partial charge in [0.15, 0.2) is 6.29 Å². The molecule has 2 heterocycles. The highest BCUT2D eigenvalue weighted by atomic mass is 19.1. The van der Waals surface area contributed by atoms with Crippen LogP contribution in [0.25, 0.3) is 11.0 Å². The van der Waals surface area contributed by atoms with Gasteiger partial charge in [-0.1, -0.05) is 6.07 Å². The van der Waals surface area contributed by atoms with Gasteiger partial charge in [0.25, 0.3) is 0 Å². The number of imidazole rings is 1. The van der Waals surface area contributed by atoms with Crippen molar-refractivity contribution in [2.45, 2.75) is 57.9 Å². The molecule has 1 aliphatic heterocycles. The van der Waals surface area contributed by atoms with Gasteiger partial charge in [0.05, 0.1) is 28.7 Å². The Morgan fingerprint density at radius 3 is 2.45 bits per heavy atom. The highest BCUT2D eigenvalue weighted by molar-refractivity contribution is 6.10. The van der Waals surface area contributed by atoms with Crippen molar-refractivity contribution in [3.8, 4) is 0 Å². The summed E-state index contributed by atoms with van der Waals surface area (Å²) in [5.41, 5.74) is 2.24. The number of benzene rings is 2. The quantitative estimate of drug-likeness (QED) is 0.440. The Bertz CT molecular complexity index is 1200. The summed E-state index contributed by atoms with van der Waals surface area (Å²) in [6, 6.07) is 9.04. The minimum atomic E-state index is -0.527. The van der Waals surface area contributed by atoms with Gasteiger partial charge in [0, 0.05) is 32.2 Å². The molecule has 0 bridgehead atoms. The van der Waals surface area contributed by atoms with E-state index in [9.17, 15) is 13.6 Å². The largest absolute Gasteiger partial charge is 0.353 e. The molecule has 2 aliphatic rings. The molecular formula is C25H27F2N3O3. The number of hydrogen-bond donors (Lipinski definition) is 0. The lowest BCUT2D eigenvalue weighted by atomic mass is 9.98. The zero-order chi connectivity index (χ0) is 23.2. The third-order valence-electron chi connectivity index (χ3n) is 6.55. The molecule has 0 radical (unpaired) electrons. The van der Waals surface area contributed by atoms with E-state index in [0.717, 1.165) is 23.9 Å². The van der Waals surface area contributed by atoms with Gasteiger partial charge in [0.2, 0.25) is 5.91 Å². The summed E-state index contributed by atoms with van der Waals surface area (Å²) in [5, 5.41) is 0. The van der Waals surface area contributed by atoms with Crippen molar-refractivity contribution in [2.24, 2.45) is 0 Å².